The van der Waals surface area contributed by atoms with Crippen LogP contribution in [0, 0.1) is 5.82 Å². The third-order valence-electron chi connectivity index (χ3n) is 3.20. The van der Waals surface area contributed by atoms with Gasteiger partial charge in [0.15, 0.2) is 0 Å². The van der Waals surface area contributed by atoms with E-state index in [1.165, 1.54) is 6.07 Å². The molecule has 0 bridgehead atoms. The van der Waals surface area contributed by atoms with Crippen LogP contribution in [-0.2, 0) is 4.79 Å². The number of rotatable bonds is 2. The van der Waals surface area contributed by atoms with Crippen LogP contribution in [0.25, 0.3) is 0 Å². The second kappa shape index (κ2) is 7.98. The van der Waals surface area contributed by atoms with E-state index in [1.54, 1.807) is 12.1 Å². The summed E-state index contributed by atoms with van der Waals surface area (Å²) in [6.07, 6.45) is -4.00. The van der Waals surface area contributed by atoms with Crippen LogP contribution in [0.2, 0.25) is 0 Å². The Hall–Kier alpha value is -1.83. The van der Waals surface area contributed by atoms with E-state index in [0.29, 0.717) is 6.04 Å². The van der Waals surface area contributed by atoms with Gasteiger partial charge in [0, 0.05) is 31.4 Å². The number of benzene rings is 1. The van der Waals surface area contributed by atoms with Crippen LogP contribution in [0.15, 0.2) is 24.3 Å². The highest BCUT2D eigenvalue weighted by molar-refractivity contribution is 5.73. The molecular weight excluding hydrogens is 304 g/mol. The van der Waals surface area contributed by atoms with Crippen molar-refractivity contribution in [3.63, 3.8) is 0 Å². The van der Waals surface area contributed by atoms with Crippen molar-refractivity contribution in [2.75, 3.05) is 24.5 Å². The fraction of sp³-hybridized carbons (Fsp3) is 0.500. The van der Waals surface area contributed by atoms with Crippen LogP contribution >= 0.6 is 0 Å². The van der Waals surface area contributed by atoms with Gasteiger partial charge in [-0.1, -0.05) is 13.0 Å². The zero-order valence-corrected chi connectivity index (χ0v) is 12.0. The Bertz CT molecular complexity index is 494. The van der Waals surface area contributed by atoms with Gasteiger partial charge in [0.2, 0.25) is 0 Å². The fourth-order valence-corrected chi connectivity index (χ4v) is 2.12. The number of anilines is 1. The molecule has 0 radical (unpaired) electrons. The third kappa shape index (κ3) is 5.51. The minimum Gasteiger partial charge on any atom is -0.475 e. The monoisotopic (exact) mass is 322 g/mol. The first-order chi connectivity index (χ1) is 10.3. The molecule has 1 saturated heterocycles. The molecule has 0 spiro atoms. The van der Waals surface area contributed by atoms with Gasteiger partial charge in [-0.2, -0.15) is 13.2 Å². The molecule has 1 unspecified atom stereocenters. The molecule has 1 aliphatic rings. The first-order valence-electron chi connectivity index (χ1n) is 6.78. The molecule has 0 amide bonds. The second-order valence-corrected chi connectivity index (χ2v) is 4.74. The van der Waals surface area contributed by atoms with Crippen molar-refractivity contribution in [2.45, 2.75) is 25.6 Å². The molecule has 0 saturated carbocycles. The molecule has 4 nitrogen and oxygen atoms in total. The summed E-state index contributed by atoms with van der Waals surface area (Å²) >= 11 is 0. The maximum atomic E-state index is 13.1. The quantitative estimate of drug-likeness (QED) is 0.822. The maximum absolute atomic E-state index is 13.1. The second-order valence-electron chi connectivity index (χ2n) is 4.74. The number of hydrogen-bond donors (Lipinski definition) is 2. The van der Waals surface area contributed by atoms with Crippen LogP contribution in [0.5, 0.6) is 0 Å². The zero-order valence-electron chi connectivity index (χ0n) is 12.0. The number of nitrogens with zero attached hydrogens (tertiary/aromatic N) is 1. The number of halogens is 4. The van der Waals surface area contributed by atoms with Crippen LogP contribution in [0.3, 0.4) is 0 Å². The summed E-state index contributed by atoms with van der Waals surface area (Å²) in [6.45, 7) is 5.10. The predicted octanol–water partition coefficient (Wildman–Crippen LogP) is 2.65. The van der Waals surface area contributed by atoms with Gasteiger partial charge in [-0.05, 0) is 24.6 Å². The van der Waals surface area contributed by atoms with Crippen LogP contribution in [0.4, 0.5) is 23.2 Å². The molecule has 2 N–H and O–H groups in total. The predicted molar refractivity (Wildman–Crippen MR) is 74.4 cm³/mol. The van der Waals surface area contributed by atoms with Crippen molar-refractivity contribution in [1.29, 1.82) is 0 Å². The molecule has 1 aliphatic heterocycles. The van der Waals surface area contributed by atoms with Gasteiger partial charge in [0.25, 0.3) is 0 Å². The molecule has 1 heterocycles. The topological polar surface area (TPSA) is 52.6 Å². The average molecular weight is 322 g/mol. The summed E-state index contributed by atoms with van der Waals surface area (Å²) in [5, 5.41) is 10.5. The fourth-order valence-electron chi connectivity index (χ4n) is 2.12. The molecular formula is C14H18F4N2O2. The molecule has 1 atom stereocenters. The number of nitrogens with one attached hydrogen (secondary N) is 1. The van der Waals surface area contributed by atoms with Gasteiger partial charge >= 0.3 is 12.1 Å². The molecule has 1 aromatic rings. The first kappa shape index (κ1) is 18.2. The van der Waals surface area contributed by atoms with Crippen LogP contribution in [0.1, 0.15) is 13.3 Å². The molecule has 124 valence electrons. The lowest BCUT2D eigenvalue weighted by atomic mass is 10.1. The largest absolute Gasteiger partial charge is 0.490 e. The minimum atomic E-state index is -5.08. The van der Waals surface area contributed by atoms with Gasteiger partial charge in [0.1, 0.15) is 5.82 Å². The van der Waals surface area contributed by atoms with Gasteiger partial charge in [0.05, 0.1) is 0 Å². The molecule has 0 aromatic heterocycles. The Morgan fingerprint density at radius 2 is 2.09 bits per heavy atom. The van der Waals surface area contributed by atoms with E-state index in [4.69, 9.17) is 9.90 Å². The van der Waals surface area contributed by atoms with Gasteiger partial charge in [-0.15, -0.1) is 0 Å². The van der Waals surface area contributed by atoms with Crippen molar-refractivity contribution in [1.82, 2.24) is 5.32 Å². The number of hydrogen-bond acceptors (Lipinski definition) is 3. The van der Waals surface area contributed by atoms with E-state index in [2.05, 4.69) is 17.1 Å². The van der Waals surface area contributed by atoms with Crippen molar-refractivity contribution < 1.29 is 27.5 Å². The van der Waals surface area contributed by atoms with Crippen LogP contribution in [-0.4, -0.2) is 42.9 Å². The Labute approximate surface area is 125 Å². The number of piperazine rings is 1. The number of carboxylic acid groups (broad SMARTS) is 1. The van der Waals surface area contributed by atoms with Gasteiger partial charge in [-0.25, -0.2) is 9.18 Å². The van der Waals surface area contributed by atoms with E-state index >= 15 is 0 Å². The summed E-state index contributed by atoms with van der Waals surface area (Å²) in [4.78, 5) is 11.2. The average Bonchev–Trinajstić information content (AvgIpc) is 2.47. The molecule has 22 heavy (non-hydrogen) atoms. The number of carbonyl (C=O) groups is 1. The standard InChI is InChI=1S/C12H17FN2.C2HF3O2/c1-2-11-9-14-6-7-15(11)12-5-3-4-10(13)8-12;3-2(4,5)1(6)7/h3-5,8,11,14H,2,6-7,9H2,1H3;(H,6,7). The molecule has 1 fully saturated rings. The van der Waals surface area contributed by atoms with Crippen molar-refractivity contribution in [2.24, 2.45) is 0 Å². The van der Waals surface area contributed by atoms with E-state index in [-0.39, 0.29) is 5.82 Å². The van der Waals surface area contributed by atoms with E-state index in [0.717, 1.165) is 31.7 Å². The summed E-state index contributed by atoms with van der Waals surface area (Å²) < 4.78 is 44.8. The first-order valence-corrected chi connectivity index (χ1v) is 6.78. The Kier molecular flexibility index (Phi) is 6.61. The maximum Gasteiger partial charge on any atom is 0.490 e. The Morgan fingerprint density at radius 3 is 2.59 bits per heavy atom. The number of aliphatic carboxylic acids is 1. The SMILES string of the molecule is CCC1CNCCN1c1cccc(F)c1.O=C(O)C(F)(F)F. The number of carboxylic acids is 1. The van der Waals surface area contributed by atoms with Gasteiger partial charge < -0.3 is 15.3 Å². The molecule has 0 aliphatic carbocycles. The van der Waals surface area contributed by atoms with Crippen molar-refractivity contribution >= 4 is 11.7 Å². The van der Waals surface area contributed by atoms with Crippen LogP contribution < -0.4 is 10.2 Å². The normalized spacial score (nSPS) is 18.4. The summed E-state index contributed by atoms with van der Waals surface area (Å²) in [5.74, 6) is -2.91. The molecule has 8 heteroatoms. The number of alkyl halides is 3. The molecule has 1 aromatic carbocycles. The molecule has 2 rings (SSSR count). The zero-order chi connectivity index (χ0) is 16.8. The summed E-state index contributed by atoms with van der Waals surface area (Å²) in [6, 6.07) is 7.36. The van der Waals surface area contributed by atoms with E-state index in [1.807, 2.05) is 6.07 Å². The smallest absolute Gasteiger partial charge is 0.475 e. The highest BCUT2D eigenvalue weighted by Gasteiger charge is 2.38. The Balaban J connectivity index is 0.000000295. The van der Waals surface area contributed by atoms with E-state index < -0.39 is 12.1 Å². The lowest BCUT2D eigenvalue weighted by Crippen LogP contribution is -2.51. The Morgan fingerprint density at radius 1 is 1.45 bits per heavy atom. The highest BCUT2D eigenvalue weighted by Crippen LogP contribution is 2.20. The van der Waals surface area contributed by atoms with Crippen molar-refractivity contribution in [3.05, 3.63) is 30.1 Å². The lowest BCUT2D eigenvalue weighted by Gasteiger charge is -2.37. The van der Waals surface area contributed by atoms with E-state index in [9.17, 15) is 17.6 Å². The lowest BCUT2D eigenvalue weighted by molar-refractivity contribution is -0.192. The van der Waals surface area contributed by atoms with Gasteiger partial charge in [-0.3, -0.25) is 0 Å². The summed E-state index contributed by atoms with van der Waals surface area (Å²) in [5.41, 5.74) is 1.00. The summed E-state index contributed by atoms with van der Waals surface area (Å²) in [7, 11) is 0. The van der Waals surface area contributed by atoms with Crippen molar-refractivity contribution in [3.8, 4) is 0 Å². The third-order valence-corrected chi connectivity index (χ3v) is 3.20. The highest BCUT2D eigenvalue weighted by atomic mass is 19.4. The minimum absolute atomic E-state index is 0.152.